The molecule has 0 saturated carbocycles. The highest BCUT2D eigenvalue weighted by Gasteiger charge is 2.16. The van der Waals surface area contributed by atoms with Crippen molar-refractivity contribution in [2.75, 3.05) is 31.6 Å². The van der Waals surface area contributed by atoms with Gasteiger partial charge in [-0.15, -0.1) is 0 Å². The van der Waals surface area contributed by atoms with Gasteiger partial charge in [-0.1, -0.05) is 30.3 Å². The van der Waals surface area contributed by atoms with Crippen LogP contribution in [0.5, 0.6) is 0 Å². The standard InChI is InChI=1S/C21H24N2O4/c24-20(25)9-8-16-4-3-6-18(14-16)22-21(26)19-7-2-1-5-17(19)15-23-10-12-27-13-11-23/h1-7,14H,8-13,15H2,(H,22,26)(H,24,25). The highest BCUT2D eigenvalue weighted by molar-refractivity contribution is 6.05. The smallest absolute Gasteiger partial charge is 0.303 e. The minimum absolute atomic E-state index is 0.0692. The van der Waals surface area contributed by atoms with Gasteiger partial charge in [-0.3, -0.25) is 14.5 Å². The Morgan fingerprint density at radius 3 is 2.63 bits per heavy atom. The molecule has 0 aromatic heterocycles. The van der Waals surface area contributed by atoms with Gasteiger partial charge in [-0.25, -0.2) is 0 Å². The number of carbonyl (C=O) groups is 2. The first-order valence-electron chi connectivity index (χ1n) is 9.12. The fourth-order valence-electron chi connectivity index (χ4n) is 3.13. The number of morpholine rings is 1. The number of rotatable bonds is 7. The summed E-state index contributed by atoms with van der Waals surface area (Å²) in [5.74, 6) is -0.990. The molecule has 0 atom stereocenters. The largest absolute Gasteiger partial charge is 0.481 e. The van der Waals surface area contributed by atoms with Crippen LogP contribution < -0.4 is 5.32 Å². The highest BCUT2D eigenvalue weighted by Crippen LogP contribution is 2.17. The van der Waals surface area contributed by atoms with E-state index in [1.807, 2.05) is 48.5 Å². The Morgan fingerprint density at radius 2 is 1.85 bits per heavy atom. The molecule has 1 amide bonds. The van der Waals surface area contributed by atoms with Gasteiger partial charge >= 0.3 is 5.97 Å². The molecule has 6 heteroatoms. The van der Waals surface area contributed by atoms with Gasteiger partial charge in [0.25, 0.3) is 5.91 Å². The summed E-state index contributed by atoms with van der Waals surface area (Å²) in [5.41, 5.74) is 3.19. The second kappa shape index (κ2) is 9.30. The number of ether oxygens (including phenoxy) is 1. The zero-order chi connectivity index (χ0) is 19.1. The lowest BCUT2D eigenvalue weighted by molar-refractivity contribution is -0.136. The number of aliphatic carboxylic acids is 1. The minimum atomic E-state index is -0.832. The van der Waals surface area contributed by atoms with Crippen LogP contribution in [-0.4, -0.2) is 48.2 Å². The van der Waals surface area contributed by atoms with E-state index < -0.39 is 5.97 Å². The molecule has 0 bridgehead atoms. The average molecular weight is 368 g/mol. The highest BCUT2D eigenvalue weighted by atomic mass is 16.5. The Balaban J connectivity index is 1.69. The van der Waals surface area contributed by atoms with Crippen molar-refractivity contribution in [2.45, 2.75) is 19.4 Å². The predicted octanol–water partition coefficient (Wildman–Crippen LogP) is 2.79. The van der Waals surface area contributed by atoms with Crippen molar-refractivity contribution in [3.63, 3.8) is 0 Å². The zero-order valence-corrected chi connectivity index (χ0v) is 15.2. The van der Waals surface area contributed by atoms with Crippen LogP contribution in [0.25, 0.3) is 0 Å². The third-order valence-corrected chi connectivity index (χ3v) is 4.57. The zero-order valence-electron chi connectivity index (χ0n) is 15.2. The normalized spacial score (nSPS) is 14.7. The van der Waals surface area contributed by atoms with Gasteiger partial charge in [0.05, 0.1) is 13.2 Å². The van der Waals surface area contributed by atoms with E-state index in [9.17, 15) is 9.59 Å². The molecule has 1 aliphatic heterocycles. The van der Waals surface area contributed by atoms with Crippen LogP contribution in [0.1, 0.15) is 27.9 Å². The summed E-state index contributed by atoms with van der Waals surface area (Å²) < 4.78 is 5.38. The molecule has 2 aromatic rings. The van der Waals surface area contributed by atoms with Crippen molar-refractivity contribution in [1.29, 1.82) is 0 Å². The van der Waals surface area contributed by atoms with Crippen LogP contribution in [0.3, 0.4) is 0 Å². The molecule has 1 heterocycles. The SMILES string of the molecule is O=C(O)CCc1cccc(NC(=O)c2ccccc2CN2CCOCC2)c1. The number of carbonyl (C=O) groups excluding carboxylic acids is 1. The van der Waals surface area contributed by atoms with Crippen LogP contribution in [0.4, 0.5) is 5.69 Å². The molecule has 1 fully saturated rings. The topological polar surface area (TPSA) is 78.9 Å². The van der Waals surface area contributed by atoms with Crippen molar-refractivity contribution >= 4 is 17.6 Å². The summed E-state index contributed by atoms with van der Waals surface area (Å²) in [5, 5.41) is 11.8. The van der Waals surface area contributed by atoms with E-state index in [1.165, 1.54) is 0 Å². The molecule has 1 aliphatic rings. The number of carboxylic acid groups (broad SMARTS) is 1. The molecule has 2 aromatic carbocycles. The second-order valence-corrected chi connectivity index (χ2v) is 6.59. The monoisotopic (exact) mass is 368 g/mol. The molecular formula is C21H24N2O4. The average Bonchev–Trinajstić information content (AvgIpc) is 2.68. The molecule has 0 radical (unpaired) electrons. The Morgan fingerprint density at radius 1 is 1.07 bits per heavy atom. The Bertz CT molecular complexity index is 800. The number of hydrogen-bond acceptors (Lipinski definition) is 4. The number of hydrogen-bond donors (Lipinski definition) is 2. The Hall–Kier alpha value is -2.70. The van der Waals surface area contributed by atoms with E-state index in [1.54, 1.807) is 0 Å². The van der Waals surface area contributed by atoms with Crippen LogP contribution in [-0.2, 0) is 22.5 Å². The number of benzene rings is 2. The number of carboxylic acids is 1. The summed E-state index contributed by atoms with van der Waals surface area (Å²) >= 11 is 0. The van der Waals surface area contributed by atoms with E-state index in [-0.39, 0.29) is 12.3 Å². The molecule has 142 valence electrons. The molecule has 3 rings (SSSR count). The third kappa shape index (κ3) is 5.64. The first-order valence-corrected chi connectivity index (χ1v) is 9.12. The summed E-state index contributed by atoms with van der Waals surface area (Å²) in [4.78, 5) is 25.8. The van der Waals surface area contributed by atoms with E-state index in [0.717, 1.165) is 37.4 Å². The molecule has 1 saturated heterocycles. The summed E-state index contributed by atoms with van der Waals surface area (Å²) in [6.07, 6.45) is 0.506. The van der Waals surface area contributed by atoms with Gasteiger partial charge in [-0.05, 0) is 35.7 Å². The first-order chi connectivity index (χ1) is 13.1. The fraction of sp³-hybridized carbons (Fsp3) is 0.333. The van der Waals surface area contributed by atoms with E-state index >= 15 is 0 Å². The van der Waals surface area contributed by atoms with Crippen LogP contribution >= 0.6 is 0 Å². The molecule has 6 nitrogen and oxygen atoms in total. The van der Waals surface area contributed by atoms with Crippen molar-refractivity contribution in [3.05, 3.63) is 65.2 Å². The van der Waals surface area contributed by atoms with Crippen molar-refractivity contribution in [1.82, 2.24) is 4.90 Å². The molecule has 27 heavy (non-hydrogen) atoms. The van der Waals surface area contributed by atoms with Gasteiger partial charge in [0, 0.05) is 37.3 Å². The maximum Gasteiger partial charge on any atom is 0.303 e. The second-order valence-electron chi connectivity index (χ2n) is 6.59. The Kier molecular flexibility index (Phi) is 6.57. The van der Waals surface area contributed by atoms with Crippen LogP contribution in [0.15, 0.2) is 48.5 Å². The lowest BCUT2D eigenvalue weighted by Gasteiger charge is -2.27. The maximum absolute atomic E-state index is 12.8. The lowest BCUT2D eigenvalue weighted by Crippen LogP contribution is -2.36. The van der Waals surface area contributed by atoms with Crippen molar-refractivity contribution in [2.24, 2.45) is 0 Å². The predicted molar refractivity (Wildman–Crippen MR) is 103 cm³/mol. The van der Waals surface area contributed by atoms with Crippen LogP contribution in [0, 0.1) is 0 Å². The lowest BCUT2D eigenvalue weighted by atomic mass is 10.1. The number of nitrogens with one attached hydrogen (secondary N) is 1. The third-order valence-electron chi connectivity index (χ3n) is 4.57. The minimum Gasteiger partial charge on any atom is -0.481 e. The summed E-state index contributed by atoms with van der Waals surface area (Å²) in [6.45, 7) is 3.88. The quantitative estimate of drug-likeness (QED) is 0.786. The molecule has 0 aliphatic carbocycles. The summed E-state index contributed by atoms with van der Waals surface area (Å²) in [6, 6.07) is 14.9. The van der Waals surface area contributed by atoms with E-state index in [0.29, 0.717) is 24.2 Å². The van der Waals surface area contributed by atoms with Crippen LogP contribution in [0.2, 0.25) is 0 Å². The molecular weight excluding hydrogens is 344 g/mol. The van der Waals surface area contributed by atoms with Gasteiger partial charge in [0.2, 0.25) is 0 Å². The van der Waals surface area contributed by atoms with E-state index in [4.69, 9.17) is 9.84 Å². The maximum atomic E-state index is 12.8. The Labute approximate surface area is 158 Å². The fourth-order valence-corrected chi connectivity index (χ4v) is 3.13. The number of aryl methyl sites for hydroxylation is 1. The van der Waals surface area contributed by atoms with Crippen molar-refractivity contribution < 1.29 is 19.4 Å². The van der Waals surface area contributed by atoms with Gasteiger partial charge < -0.3 is 15.2 Å². The number of nitrogens with zero attached hydrogens (tertiary/aromatic N) is 1. The van der Waals surface area contributed by atoms with E-state index in [2.05, 4.69) is 10.2 Å². The van der Waals surface area contributed by atoms with Gasteiger partial charge in [0.15, 0.2) is 0 Å². The van der Waals surface area contributed by atoms with Gasteiger partial charge in [0.1, 0.15) is 0 Å². The molecule has 2 N–H and O–H groups in total. The number of amides is 1. The van der Waals surface area contributed by atoms with Crippen molar-refractivity contribution in [3.8, 4) is 0 Å². The molecule has 0 spiro atoms. The summed E-state index contributed by atoms with van der Waals surface area (Å²) in [7, 11) is 0. The van der Waals surface area contributed by atoms with Gasteiger partial charge in [-0.2, -0.15) is 0 Å². The first kappa shape index (κ1) is 19.1. The number of anilines is 1. The molecule has 0 unspecified atom stereocenters.